The predicted octanol–water partition coefficient (Wildman–Crippen LogP) is 1.16. The molecule has 1 N–H and O–H groups in total. The van der Waals surface area contributed by atoms with Crippen molar-refractivity contribution in [2.45, 2.75) is 37.8 Å². The first-order chi connectivity index (χ1) is 5.88. The fourth-order valence-corrected chi connectivity index (χ4v) is 2.25. The van der Waals surface area contributed by atoms with E-state index < -0.39 is 0 Å². The van der Waals surface area contributed by atoms with Crippen molar-refractivity contribution in [3.8, 4) is 0 Å². The van der Waals surface area contributed by atoms with Crippen LogP contribution in [0.1, 0.15) is 25.7 Å². The normalized spacial score (nSPS) is 40.1. The summed E-state index contributed by atoms with van der Waals surface area (Å²) in [5.41, 5.74) is 0. The van der Waals surface area contributed by atoms with E-state index in [1.807, 2.05) is 0 Å². The van der Waals surface area contributed by atoms with E-state index in [4.69, 9.17) is 0 Å². The lowest BCUT2D eigenvalue weighted by Gasteiger charge is -2.26. The highest BCUT2D eigenvalue weighted by atomic mass is 16.3. The Morgan fingerprint density at radius 1 is 1.25 bits per heavy atom. The van der Waals surface area contributed by atoms with Crippen molar-refractivity contribution < 1.29 is 5.11 Å². The lowest BCUT2D eigenvalue weighted by molar-refractivity contribution is 0.115. The molecule has 2 heterocycles. The van der Waals surface area contributed by atoms with E-state index in [0.717, 1.165) is 19.4 Å². The number of rotatable bonds is 0. The van der Waals surface area contributed by atoms with E-state index in [-0.39, 0.29) is 6.10 Å². The smallest absolute Gasteiger partial charge is 0.0710 e. The van der Waals surface area contributed by atoms with Crippen LogP contribution in [0.15, 0.2) is 12.2 Å². The van der Waals surface area contributed by atoms with Gasteiger partial charge < -0.3 is 5.11 Å². The molecule has 1 saturated heterocycles. The maximum Gasteiger partial charge on any atom is 0.0710 e. The number of nitrogens with zero attached hydrogens (tertiary/aromatic N) is 1. The molecule has 2 aliphatic rings. The van der Waals surface area contributed by atoms with Crippen LogP contribution in [0.4, 0.5) is 0 Å². The molecular formula is C10H17NO. The van der Waals surface area contributed by atoms with Crippen molar-refractivity contribution in [2.75, 3.05) is 13.1 Å². The molecule has 2 heteroatoms. The largest absolute Gasteiger partial charge is 0.391 e. The summed E-state index contributed by atoms with van der Waals surface area (Å²) in [5.74, 6) is 0. The molecule has 0 radical (unpaired) electrons. The maximum absolute atomic E-state index is 9.67. The lowest BCUT2D eigenvalue weighted by Crippen LogP contribution is -2.35. The minimum atomic E-state index is -0.0762. The number of hydrogen-bond donors (Lipinski definition) is 1. The molecule has 0 aromatic rings. The number of fused-ring (bicyclic) bond motifs is 1. The second-order valence-corrected chi connectivity index (χ2v) is 3.81. The zero-order chi connectivity index (χ0) is 8.39. The SMILES string of the molecule is O[C@@H]1CCN2CCC/C=C\C[C@H]12. The van der Waals surface area contributed by atoms with Gasteiger partial charge in [0.1, 0.15) is 0 Å². The van der Waals surface area contributed by atoms with Crippen molar-refractivity contribution in [2.24, 2.45) is 0 Å². The molecule has 0 aromatic carbocycles. The van der Waals surface area contributed by atoms with Crippen LogP contribution in [0.25, 0.3) is 0 Å². The van der Waals surface area contributed by atoms with Gasteiger partial charge in [-0.15, -0.1) is 0 Å². The highest BCUT2D eigenvalue weighted by molar-refractivity contribution is 4.96. The number of allylic oxidation sites excluding steroid dienone is 1. The predicted molar refractivity (Wildman–Crippen MR) is 49.0 cm³/mol. The standard InChI is InChI=1S/C10H17NO/c12-10-6-8-11-7-4-2-1-3-5-9(10)11/h1,3,9-10,12H,2,4-8H2/b3-1-/t9-,10-/m1/s1. The van der Waals surface area contributed by atoms with Crippen LogP contribution in [0.3, 0.4) is 0 Å². The summed E-state index contributed by atoms with van der Waals surface area (Å²) >= 11 is 0. The average Bonchev–Trinajstić information content (AvgIpc) is 2.31. The first kappa shape index (κ1) is 8.27. The highest BCUT2D eigenvalue weighted by Gasteiger charge is 2.31. The minimum Gasteiger partial charge on any atom is -0.391 e. The molecular weight excluding hydrogens is 150 g/mol. The number of aliphatic hydroxyl groups is 1. The first-order valence-corrected chi connectivity index (χ1v) is 4.95. The van der Waals surface area contributed by atoms with Crippen LogP contribution >= 0.6 is 0 Å². The van der Waals surface area contributed by atoms with Gasteiger partial charge in [0, 0.05) is 12.6 Å². The molecule has 0 bridgehead atoms. The Balaban J connectivity index is 2.04. The van der Waals surface area contributed by atoms with E-state index in [2.05, 4.69) is 17.1 Å². The van der Waals surface area contributed by atoms with Gasteiger partial charge in [-0.3, -0.25) is 4.90 Å². The summed E-state index contributed by atoms with van der Waals surface area (Å²) in [4.78, 5) is 2.44. The van der Waals surface area contributed by atoms with Gasteiger partial charge >= 0.3 is 0 Å². The molecule has 1 fully saturated rings. The zero-order valence-corrected chi connectivity index (χ0v) is 7.45. The molecule has 0 aliphatic carbocycles. The van der Waals surface area contributed by atoms with Crippen molar-refractivity contribution in [3.05, 3.63) is 12.2 Å². The number of hydrogen-bond acceptors (Lipinski definition) is 2. The molecule has 0 saturated carbocycles. The van der Waals surface area contributed by atoms with Crippen LogP contribution in [0, 0.1) is 0 Å². The van der Waals surface area contributed by atoms with Crippen molar-refractivity contribution in [1.82, 2.24) is 4.90 Å². The van der Waals surface area contributed by atoms with Gasteiger partial charge in [0.2, 0.25) is 0 Å². The van der Waals surface area contributed by atoms with Crippen LogP contribution in [-0.2, 0) is 0 Å². The van der Waals surface area contributed by atoms with Gasteiger partial charge in [0.25, 0.3) is 0 Å². The van der Waals surface area contributed by atoms with E-state index in [1.165, 1.54) is 19.4 Å². The summed E-state index contributed by atoms with van der Waals surface area (Å²) in [5, 5.41) is 9.67. The lowest BCUT2D eigenvalue weighted by atomic mass is 10.1. The van der Waals surface area contributed by atoms with Crippen molar-refractivity contribution >= 4 is 0 Å². The molecule has 12 heavy (non-hydrogen) atoms. The van der Waals surface area contributed by atoms with Gasteiger partial charge in [0.15, 0.2) is 0 Å². The van der Waals surface area contributed by atoms with E-state index in [0.29, 0.717) is 6.04 Å². The zero-order valence-electron chi connectivity index (χ0n) is 7.45. The van der Waals surface area contributed by atoms with E-state index in [9.17, 15) is 5.11 Å². The summed E-state index contributed by atoms with van der Waals surface area (Å²) in [6.45, 7) is 2.27. The summed E-state index contributed by atoms with van der Waals surface area (Å²) in [6.07, 6.45) is 8.87. The molecule has 2 rings (SSSR count). The quantitative estimate of drug-likeness (QED) is 0.547. The summed E-state index contributed by atoms with van der Waals surface area (Å²) < 4.78 is 0. The molecule has 2 aliphatic heterocycles. The third-order valence-electron chi connectivity index (χ3n) is 2.99. The Morgan fingerprint density at radius 2 is 2.17 bits per heavy atom. The van der Waals surface area contributed by atoms with Gasteiger partial charge in [-0.1, -0.05) is 12.2 Å². The van der Waals surface area contributed by atoms with Crippen LogP contribution in [0.5, 0.6) is 0 Å². The maximum atomic E-state index is 9.67. The summed E-state index contributed by atoms with van der Waals surface area (Å²) in [6, 6.07) is 0.418. The molecule has 2 nitrogen and oxygen atoms in total. The van der Waals surface area contributed by atoms with Crippen molar-refractivity contribution in [3.63, 3.8) is 0 Å². The minimum absolute atomic E-state index is 0.0762. The first-order valence-electron chi connectivity index (χ1n) is 4.95. The van der Waals surface area contributed by atoms with Crippen molar-refractivity contribution in [1.29, 1.82) is 0 Å². The van der Waals surface area contributed by atoms with Crippen LogP contribution < -0.4 is 0 Å². The molecule has 0 amide bonds. The molecule has 68 valence electrons. The monoisotopic (exact) mass is 167 g/mol. The Bertz CT molecular complexity index is 179. The topological polar surface area (TPSA) is 23.5 Å². The van der Waals surface area contributed by atoms with Gasteiger partial charge in [-0.2, -0.15) is 0 Å². The van der Waals surface area contributed by atoms with Gasteiger partial charge in [-0.05, 0) is 32.2 Å². The second-order valence-electron chi connectivity index (χ2n) is 3.81. The fourth-order valence-electron chi connectivity index (χ4n) is 2.25. The van der Waals surface area contributed by atoms with E-state index in [1.54, 1.807) is 0 Å². The second kappa shape index (κ2) is 3.58. The Kier molecular flexibility index (Phi) is 2.47. The summed E-state index contributed by atoms with van der Waals surface area (Å²) in [7, 11) is 0. The third kappa shape index (κ3) is 1.54. The van der Waals surface area contributed by atoms with Gasteiger partial charge in [-0.25, -0.2) is 0 Å². The Labute approximate surface area is 73.9 Å². The Hall–Kier alpha value is -0.340. The van der Waals surface area contributed by atoms with Crippen LogP contribution in [0.2, 0.25) is 0 Å². The molecule has 0 spiro atoms. The van der Waals surface area contributed by atoms with E-state index >= 15 is 0 Å². The average molecular weight is 167 g/mol. The highest BCUT2D eigenvalue weighted by Crippen LogP contribution is 2.23. The Morgan fingerprint density at radius 3 is 3.08 bits per heavy atom. The molecule has 0 aromatic heterocycles. The molecule has 0 unspecified atom stereocenters. The number of aliphatic hydroxyl groups excluding tert-OH is 1. The van der Waals surface area contributed by atoms with Crippen LogP contribution in [-0.4, -0.2) is 35.2 Å². The molecule has 2 atom stereocenters. The fraction of sp³-hybridized carbons (Fsp3) is 0.800. The third-order valence-corrected chi connectivity index (χ3v) is 2.99. The van der Waals surface area contributed by atoms with Gasteiger partial charge in [0.05, 0.1) is 6.10 Å².